The Morgan fingerprint density at radius 3 is 1.76 bits per heavy atom. The molecule has 0 radical (unpaired) electrons. The smallest absolute Gasteiger partial charge is 0.134 e. The van der Waals surface area contributed by atoms with Crippen LogP contribution in [0, 0.1) is 0 Å². The summed E-state index contributed by atoms with van der Waals surface area (Å²) in [6.45, 7) is 0. The summed E-state index contributed by atoms with van der Waals surface area (Å²) >= 11 is 1.87. The summed E-state index contributed by atoms with van der Waals surface area (Å²) in [5.41, 5.74) is 13.8. The van der Waals surface area contributed by atoms with Gasteiger partial charge in [-0.1, -0.05) is 194 Å². The van der Waals surface area contributed by atoms with Gasteiger partial charge < -0.3 is 5.32 Å². The van der Waals surface area contributed by atoms with Crippen molar-refractivity contribution in [1.82, 2.24) is 5.32 Å². The number of nitrogens with zero attached hydrogens (tertiary/aromatic N) is 1. The van der Waals surface area contributed by atoms with Crippen molar-refractivity contribution in [2.75, 3.05) is 0 Å². The molecule has 0 aromatic heterocycles. The zero-order valence-electron chi connectivity index (χ0n) is 29.6. The number of rotatable bonds is 6. The van der Waals surface area contributed by atoms with Crippen LogP contribution in [0.3, 0.4) is 0 Å². The van der Waals surface area contributed by atoms with Crippen LogP contribution in [0.5, 0.6) is 0 Å². The SMILES string of the molecule is C1=CC2=C(c3cccc(-c4ccc(-c5ccc6c(c5)C(c5ccccc5)(c5ccccc5)c5ccccc5S6)cc4)c3)N=C(c3ccccc3)NC2C=C1. The van der Waals surface area contributed by atoms with Crippen molar-refractivity contribution < 1.29 is 0 Å². The molecule has 0 saturated heterocycles. The van der Waals surface area contributed by atoms with Gasteiger partial charge in [0, 0.05) is 26.5 Å². The molecule has 7 aromatic carbocycles. The van der Waals surface area contributed by atoms with Gasteiger partial charge in [0.1, 0.15) is 5.84 Å². The van der Waals surface area contributed by atoms with E-state index in [0.29, 0.717) is 0 Å². The lowest BCUT2D eigenvalue weighted by Crippen LogP contribution is -2.39. The summed E-state index contributed by atoms with van der Waals surface area (Å²) in [7, 11) is 0. The maximum Gasteiger partial charge on any atom is 0.134 e. The van der Waals surface area contributed by atoms with Crippen molar-refractivity contribution in [3.8, 4) is 22.3 Å². The maximum absolute atomic E-state index is 5.20. The Balaban J connectivity index is 1.04. The largest absolute Gasteiger partial charge is 0.359 e. The molecule has 0 amide bonds. The molecule has 256 valence electrons. The van der Waals surface area contributed by atoms with Crippen molar-refractivity contribution in [2.45, 2.75) is 21.2 Å². The number of hydrogen-bond donors (Lipinski definition) is 1. The molecule has 10 rings (SSSR count). The minimum absolute atomic E-state index is 0.0756. The molecule has 1 unspecified atom stereocenters. The molecule has 7 aromatic rings. The Morgan fingerprint density at radius 1 is 0.463 bits per heavy atom. The molecule has 1 atom stereocenters. The number of allylic oxidation sites excluding steroid dienone is 2. The van der Waals surface area contributed by atoms with E-state index in [9.17, 15) is 0 Å². The van der Waals surface area contributed by atoms with E-state index in [1.165, 1.54) is 59.9 Å². The van der Waals surface area contributed by atoms with Crippen molar-refractivity contribution in [2.24, 2.45) is 4.99 Å². The maximum atomic E-state index is 5.20. The first kappa shape index (κ1) is 32.2. The third-order valence-corrected chi connectivity index (χ3v) is 12.0. The van der Waals surface area contributed by atoms with Crippen molar-refractivity contribution in [3.05, 3.63) is 245 Å². The van der Waals surface area contributed by atoms with E-state index in [-0.39, 0.29) is 6.04 Å². The van der Waals surface area contributed by atoms with E-state index in [1.807, 2.05) is 17.8 Å². The number of aliphatic imine (C=N–C) groups is 1. The van der Waals surface area contributed by atoms with Gasteiger partial charge in [-0.3, -0.25) is 0 Å². The van der Waals surface area contributed by atoms with E-state index in [1.54, 1.807) is 0 Å². The van der Waals surface area contributed by atoms with Gasteiger partial charge in [0.25, 0.3) is 0 Å². The van der Waals surface area contributed by atoms with E-state index in [0.717, 1.165) is 22.7 Å². The molecular formula is C51H36N2S. The molecule has 54 heavy (non-hydrogen) atoms. The fourth-order valence-corrected chi connectivity index (χ4v) is 9.48. The van der Waals surface area contributed by atoms with Crippen molar-refractivity contribution in [1.29, 1.82) is 0 Å². The number of amidine groups is 1. The predicted octanol–water partition coefficient (Wildman–Crippen LogP) is 12.1. The minimum atomic E-state index is -0.453. The first-order chi connectivity index (χ1) is 26.8. The van der Waals surface area contributed by atoms with Gasteiger partial charge in [0.05, 0.1) is 17.2 Å². The van der Waals surface area contributed by atoms with Crippen LogP contribution in [-0.2, 0) is 5.41 Å². The Bertz CT molecular complexity index is 2600. The quantitative estimate of drug-likeness (QED) is 0.186. The Morgan fingerprint density at radius 2 is 1.04 bits per heavy atom. The molecule has 3 aliphatic rings. The predicted molar refractivity (Wildman–Crippen MR) is 225 cm³/mol. The van der Waals surface area contributed by atoms with Gasteiger partial charge in [-0.2, -0.15) is 0 Å². The lowest BCUT2D eigenvalue weighted by Gasteiger charge is -2.42. The summed E-state index contributed by atoms with van der Waals surface area (Å²) in [4.78, 5) is 7.78. The summed E-state index contributed by atoms with van der Waals surface area (Å²) < 4.78 is 0. The number of fused-ring (bicyclic) bond motifs is 3. The monoisotopic (exact) mass is 708 g/mol. The second-order valence-electron chi connectivity index (χ2n) is 13.9. The highest BCUT2D eigenvalue weighted by atomic mass is 32.2. The van der Waals surface area contributed by atoms with Crippen molar-refractivity contribution >= 4 is 23.3 Å². The summed E-state index contributed by atoms with van der Waals surface area (Å²) in [5.74, 6) is 0.893. The average molecular weight is 709 g/mol. The topological polar surface area (TPSA) is 24.4 Å². The zero-order chi connectivity index (χ0) is 35.9. The Labute approximate surface area is 321 Å². The van der Waals surface area contributed by atoms with Gasteiger partial charge in [0.15, 0.2) is 0 Å². The van der Waals surface area contributed by atoms with Crippen LogP contribution in [0.1, 0.15) is 33.4 Å². The second kappa shape index (κ2) is 13.5. The van der Waals surface area contributed by atoms with Crippen LogP contribution in [0.4, 0.5) is 0 Å². The molecular weight excluding hydrogens is 673 g/mol. The lowest BCUT2D eigenvalue weighted by atomic mass is 9.64. The first-order valence-electron chi connectivity index (χ1n) is 18.5. The molecule has 2 heterocycles. The van der Waals surface area contributed by atoms with Crippen LogP contribution in [0.15, 0.2) is 227 Å². The third kappa shape index (κ3) is 5.48. The molecule has 2 nitrogen and oxygen atoms in total. The summed E-state index contributed by atoms with van der Waals surface area (Å²) in [5, 5.41) is 3.64. The third-order valence-electron chi connectivity index (χ3n) is 10.9. The highest BCUT2D eigenvalue weighted by molar-refractivity contribution is 7.99. The van der Waals surface area contributed by atoms with Gasteiger partial charge >= 0.3 is 0 Å². The fraction of sp³-hybridized carbons (Fsp3) is 0.0392. The van der Waals surface area contributed by atoms with Crippen LogP contribution in [-0.4, -0.2) is 11.9 Å². The average Bonchev–Trinajstić information content (AvgIpc) is 3.26. The standard InChI is InChI=1S/C51H36N2S/c1-4-15-37(16-5-1)50-52-46-25-12-10-23-43(46)49(53-50)40-18-14-17-38(33-40)35-27-29-36(30-28-35)39-31-32-48-45(34-39)51(41-19-6-2-7-20-41,42-21-8-3-9-22-42)44-24-11-13-26-47(44)54-48/h1-34,46H,(H,52,53). The molecule has 3 heteroatoms. The van der Waals surface area contributed by atoms with Crippen LogP contribution in [0.2, 0.25) is 0 Å². The summed E-state index contributed by atoms with van der Waals surface area (Å²) in [6.07, 6.45) is 8.59. The summed E-state index contributed by atoms with van der Waals surface area (Å²) in [6, 6.07) is 66.3. The lowest BCUT2D eigenvalue weighted by molar-refractivity contribution is 0.703. The van der Waals surface area contributed by atoms with Crippen LogP contribution < -0.4 is 5.32 Å². The normalized spacial score (nSPS) is 16.4. The molecule has 0 bridgehead atoms. The molecule has 0 fully saturated rings. The van der Waals surface area contributed by atoms with E-state index in [2.05, 4.69) is 206 Å². The minimum Gasteiger partial charge on any atom is -0.359 e. The highest BCUT2D eigenvalue weighted by Crippen LogP contribution is 2.56. The Kier molecular flexibility index (Phi) is 8.08. The molecule has 2 aliphatic heterocycles. The van der Waals surface area contributed by atoms with Gasteiger partial charge in [-0.25, -0.2) is 4.99 Å². The van der Waals surface area contributed by atoms with E-state index in [4.69, 9.17) is 4.99 Å². The van der Waals surface area contributed by atoms with Crippen molar-refractivity contribution in [3.63, 3.8) is 0 Å². The highest BCUT2D eigenvalue weighted by Gasteiger charge is 2.44. The molecule has 0 saturated carbocycles. The zero-order valence-corrected chi connectivity index (χ0v) is 30.4. The second-order valence-corrected chi connectivity index (χ2v) is 15.0. The van der Waals surface area contributed by atoms with E-state index < -0.39 is 5.41 Å². The Hall–Kier alpha value is -6.42. The van der Waals surface area contributed by atoms with E-state index >= 15 is 0 Å². The molecule has 0 spiro atoms. The van der Waals surface area contributed by atoms with Crippen LogP contribution >= 0.6 is 11.8 Å². The van der Waals surface area contributed by atoms with Gasteiger partial charge in [0.2, 0.25) is 0 Å². The number of nitrogens with one attached hydrogen (secondary N) is 1. The van der Waals surface area contributed by atoms with Gasteiger partial charge in [-0.15, -0.1) is 0 Å². The molecule has 1 N–H and O–H groups in total. The van der Waals surface area contributed by atoms with Crippen LogP contribution in [0.25, 0.3) is 28.0 Å². The number of benzene rings is 7. The van der Waals surface area contributed by atoms with Gasteiger partial charge in [-0.05, 0) is 68.8 Å². The number of hydrogen-bond acceptors (Lipinski definition) is 3. The molecule has 1 aliphatic carbocycles. The fourth-order valence-electron chi connectivity index (χ4n) is 8.31. The first-order valence-corrected chi connectivity index (χ1v) is 19.3.